The molecule has 0 aliphatic carbocycles. The van der Waals surface area contributed by atoms with Crippen LogP contribution in [0.3, 0.4) is 0 Å². The number of fused-ring (bicyclic) bond motifs is 1. The zero-order valence-corrected chi connectivity index (χ0v) is 17.8. The summed E-state index contributed by atoms with van der Waals surface area (Å²) in [6, 6.07) is 11.8. The molecule has 1 aliphatic heterocycles. The maximum atomic E-state index is 13.0. The first-order chi connectivity index (χ1) is 15.2. The molecule has 0 fully saturated rings. The van der Waals surface area contributed by atoms with Crippen molar-refractivity contribution in [3.8, 4) is 17.4 Å². The van der Waals surface area contributed by atoms with Gasteiger partial charge >= 0.3 is 11.9 Å². The fraction of sp³-hybridized carbons (Fsp3) is 0.273. The number of hydrogen-bond donors (Lipinski definition) is 0. The first-order valence-corrected chi connectivity index (χ1v) is 10.2. The number of nitrogens with zero attached hydrogens (tertiary/aromatic N) is 3. The van der Waals surface area contributed by atoms with Crippen molar-refractivity contribution in [1.82, 2.24) is 9.55 Å². The molecule has 0 radical (unpaired) electrons. The highest BCUT2D eigenvalue weighted by Crippen LogP contribution is 2.37. The molecule has 4 rings (SSSR count). The van der Waals surface area contributed by atoms with Crippen LogP contribution in [0.2, 0.25) is 5.02 Å². The van der Waals surface area contributed by atoms with Crippen LogP contribution in [0.15, 0.2) is 53.3 Å². The number of halogens is 4. The molecule has 168 valence electrons. The Labute approximate surface area is 186 Å². The fourth-order valence-corrected chi connectivity index (χ4v) is 3.61. The van der Waals surface area contributed by atoms with Crippen LogP contribution in [0.5, 0.6) is 17.4 Å². The van der Waals surface area contributed by atoms with E-state index >= 15 is 0 Å². The van der Waals surface area contributed by atoms with E-state index in [-0.39, 0.29) is 28.9 Å². The van der Waals surface area contributed by atoms with E-state index in [1.165, 1.54) is 6.07 Å². The molecule has 0 saturated heterocycles. The van der Waals surface area contributed by atoms with Crippen LogP contribution in [0.25, 0.3) is 0 Å². The lowest BCUT2D eigenvalue weighted by Crippen LogP contribution is -2.36. The molecule has 1 aliphatic rings. The van der Waals surface area contributed by atoms with Crippen molar-refractivity contribution in [2.24, 2.45) is 0 Å². The number of ether oxygens (including phenoxy) is 2. The van der Waals surface area contributed by atoms with Crippen molar-refractivity contribution in [3.05, 3.63) is 75.2 Å². The van der Waals surface area contributed by atoms with Crippen LogP contribution in [0.4, 0.5) is 19.0 Å². The molecule has 0 unspecified atom stereocenters. The molecule has 0 spiro atoms. The zero-order valence-electron chi connectivity index (χ0n) is 17.0. The van der Waals surface area contributed by atoms with E-state index in [1.54, 1.807) is 34.9 Å². The summed E-state index contributed by atoms with van der Waals surface area (Å²) in [6.45, 7) is 1.65. The third-order valence-corrected chi connectivity index (χ3v) is 5.35. The predicted molar refractivity (Wildman–Crippen MR) is 114 cm³/mol. The Morgan fingerprint density at radius 1 is 1.06 bits per heavy atom. The van der Waals surface area contributed by atoms with Gasteiger partial charge in [0.2, 0.25) is 5.88 Å². The summed E-state index contributed by atoms with van der Waals surface area (Å²) in [6.07, 6.45) is -3.69. The molecular formula is C22H19ClF3N3O3. The first-order valence-electron chi connectivity index (χ1n) is 9.80. The molecule has 3 aromatic rings. The lowest BCUT2D eigenvalue weighted by atomic mass is 10.2. The van der Waals surface area contributed by atoms with Crippen molar-refractivity contribution in [3.63, 3.8) is 0 Å². The number of anilines is 1. The van der Waals surface area contributed by atoms with Crippen LogP contribution < -0.4 is 20.1 Å². The Morgan fingerprint density at radius 2 is 1.78 bits per heavy atom. The predicted octanol–water partition coefficient (Wildman–Crippen LogP) is 5.13. The van der Waals surface area contributed by atoms with Crippen LogP contribution in [0.1, 0.15) is 17.5 Å². The molecule has 32 heavy (non-hydrogen) atoms. The standard InChI is InChI=1S/C22H19ClF3N3O3/c1-28-9-2-10-29-20(28)12-19(27-21(29)30)31-13-14-3-5-15(6-4-14)32-16-7-8-18(23)17(11-16)22(24,25)26/h3-8,11-12H,2,9-10,13H2,1H3. The van der Waals surface area contributed by atoms with Crippen molar-refractivity contribution >= 4 is 17.4 Å². The zero-order chi connectivity index (χ0) is 22.9. The van der Waals surface area contributed by atoms with Crippen molar-refractivity contribution < 1.29 is 22.6 Å². The van der Waals surface area contributed by atoms with Gasteiger partial charge in [0.05, 0.1) is 10.6 Å². The number of aromatic nitrogens is 2. The van der Waals surface area contributed by atoms with E-state index in [0.717, 1.165) is 36.5 Å². The maximum absolute atomic E-state index is 13.0. The smallest absolute Gasteiger partial charge is 0.417 e. The highest BCUT2D eigenvalue weighted by molar-refractivity contribution is 6.31. The van der Waals surface area contributed by atoms with Crippen molar-refractivity contribution in [2.75, 3.05) is 18.5 Å². The normalized spacial score (nSPS) is 13.6. The Balaban J connectivity index is 1.43. The average Bonchev–Trinajstić information content (AvgIpc) is 2.75. The van der Waals surface area contributed by atoms with Gasteiger partial charge in [-0.1, -0.05) is 23.7 Å². The van der Waals surface area contributed by atoms with Gasteiger partial charge in [0, 0.05) is 26.2 Å². The van der Waals surface area contributed by atoms with Gasteiger partial charge in [0.25, 0.3) is 0 Å². The Kier molecular flexibility index (Phi) is 6.01. The monoisotopic (exact) mass is 465 g/mol. The second-order valence-electron chi connectivity index (χ2n) is 7.34. The second kappa shape index (κ2) is 8.74. The SMILES string of the molecule is CN1CCCn2c1cc(OCc1ccc(Oc3ccc(Cl)c(C(F)(F)F)c3)cc1)nc2=O. The number of rotatable bonds is 5. The number of alkyl halides is 3. The van der Waals surface area contributed by atoms with Gasteiger partial charge in [-0.25, -0.2) is 4.79 Å². The molecule has 0 amide bonds. The van der Waals surface area contributed by atoms with Crippen LogP contribution in [0, 0.1) is 0 Å². The van der Waals surface area contributed by atoms with E-state index < -0.39 is 11.7 Å². The summed E-state index contributed by atoms with van der Waals surface area (Å²) < 4.78 is 51.8. The summed E-state index contributed by atoms with van der Waals surface area (Å²) in [5, 5.41) is -0.390. The highest BCUT2D eigenvalue weighted by atomic mass is 35.5. The van der Waals surface area contributed by atoms with Crippen LogP contribution in [-0.4, -0.2) is 23.1 Å². The molecule has 2 heterocycles. The van der Waals surface area contributed by atoms with E-state index in [4.69, 9.17) is 21.1 Å². The first kappa shape index (κ1) is 22.0. The minimum absolute atomic E-state index is 0.0218. The van der Waals surface area contributed by atoms with Gasteiger partial charge in [-0.2, -0.15) is 18.2 Å². The van der Waals surface area contributed by atoms with Gasteiger partial charge < -0.3 is 14.4 Å². The highest BCUT2D eigenvalue weighted by Gasteiger charge is 2.33. The van der Waals surface area contributed by atoms with E-state index in [2.05, 4.69) is 4.98 Å². The average molecular weight is 466 g/mol. The largest absolute Gasteiger partial charge is 0.473 e. The summed E-state index contributed by atoms with van der Waals surface area (Å²) >= 11 is 5.63. The molecule has 0 N–H and O–H groups in total. The van der Waals surface area contributed by atoms with Crippen molar-refractivity contribution in [2.45, 2.75) is 25.7 Å². The fourth-order valence-electron chi connectivity index (χ4n) is 3.39. The number of benzene rings is 2. The van der Waals surface area contributed by atoms with E-state index in [9.17, 15) is 18.0 Å². The molecule has 10 heteroatoms. The van der Waals surface area contributed by atoms with Crippen molar-refractivity contribution in [1.29, 1.82) is 0 Å². The second-order valence-corrected chi connectivity index (χ2v) is 7.74. The number of hydrogen-bond acceptors (Lipinski definition) is 5. The van der Waals surface area contributed by atoms with Crippen LogP contribution in [-0.2, 0) is 19.3 Å². The molecule has 6 nitrogen and oxygen atoms in total. The third kappa shape index (κ3) is 4.83. The van der Waals surface area contributed by atoms with E-state index in [1.807, 2.05) is 11.9 Å². The summed E-state index contributed by atoms with van der Waals surface area (Å²) in [5.74, 6) is 1.37. The topological polar surface area (TPSA) is 56.6 Å². The Bertz CT molecular complexity index is 1180. The minimum atomic E-state index is -4.57. The van der Waals surface area contributed by atoms with Gasteiger partial charge in [-0.3, -0.25) is 4.57 Å². The van der Waals surface area contributed by atoms with E-state index in [0.29, 0.717) is 12.3 Å². The minimum Gasteiger partial charge on any atom is -0.473 e. The molecule has 1 aromatic heterocycles. The maximum Gasteiger partial charge on any atom is 0.417 e. The van der Waals surface area contributed by atoms with Crippen LogP contribution >= 0.6 is 11.6 Å². The molecular weight excluding hydrogens is 447 g/mol. The van der Waals surface area contributed by atoms with Gasteiger partial charge in [0.15, 0.2) is 0 Å². The summed E-state index contributed by atoms with van der Waals surface area (Å²) in [5.41, 5.74) is -0.535. The Hall–Kier alpha value is -3.20. The Morgan fingerprint density at radius 3 is 2.50 bits per heavy atom. The summed E-state index contributed by atoms with van der Waals surface area (Å²) in [4.78, 5) is 18.2. The van der Waals surface area contributed by atoms with Gasteiger partial charge in [-0.15, -0.1) is 0 Å². The lowest BCUT2D eigenvalue weighted by Gasteiger charge is -2.28. The summed E-state index contributed by atoms with van der Waals surface area (Å²) in [7, 11) is 1.91. The molecule has 0 saturated carbocycles. The third-order valence-electron chi connectivity index (χ3n) is 5.02. The molecule has 0 bridgehead atoms. The van der Waals surface area contributed by atoms with Gasteiger partial charge in [0.1, 0.15) is 23.9 Å². The lowest BCUT2D eigenvalue weighted by molar-refractivity contribution is -0.137. The molecule has 0 atom stereocenters. The quantitative estimate of drug-likeness (QED) is 0.523. The molecule has 2 aromatic carbocycles. The van der Waals surface area contributed by atoms with Gasteiger partial charge in [-0.05, 0) is 42.3 Å².